The first kappa shape index (κ1) is 25.8. The first-order chi connectivity index (χ1) is 14.2. The first-order valence-corrected chi connectivity index (χ1v) is 10.1. The van der Waals surface area contributed by atoms with Crippen molar-refractivity contribution < 1.29 is 34.8 Å². The van der Waals surface area contributed by atoms with Crippen molar-refractivity contribution in [2.75, 3.05) is 78.5 Å². The summed E-state index contributed by atoms with van der Waals surface area (Å²) in [5, 5.41) is 37.1. The largest absolute Gasteiger partial charge is 0.512 e. The van der Waals surface area contributed by atoms with Gasteiger partial charge in [-0.2, -0.15) is 0 Å². The monoisotopic (exact) mass is 430 g/mol. The van der Waals surface area contributed by atoms with Crippen molar-refractivity contribution in [1.29, 1.82) is 0 Å². The van der Waals surface area contributed by atoms with E-state index in [1.807, 2.05) is 4.90 Å². The second-order valence-electron chi connectivity index (χ2n) is 7.56. The van der Waals surface area contributed by atoms with Crippen molar-refractivity contribution in [3.63, 3.8) is 0 Å². The predicted octanol–water partition coefficient (Wildman–Crippen LogP) is -0.686. The fraction of sp³-hybridized carbons (Fsp3) is 0.737. The average Bonchev–Trinajstić information content (AvgIpc) is 2.60. The molecule has 0 spiro atoms. The standard InChI is InChI=1S/C19H34N4O7/c1-16(24)12-20-4-2-5-22(14-18(27)28)10-11-23(15-19(29)30)7-3-6-21(9-8-20)13-17(25)26/h24H,1-15H2,(H,25,26)(H,27,28)(H,29,30). The Labute approximate surface area is 176 Å². The molecule has 4 N–H and O–H groups in total. The van der Waals surface area contributed by atoms with Gasteiger partial charge in [-0.15, -0.1) is 0 Å². The molecule has 11 heteroatoms. The average molecular weight is 431 g/mol. The summed E-state index contributed by atoms with van der Waals surface area (Å²) in [6, 6.07) is 0. The normalized spacial score (nSPS) is 19.7. The van der Waals surface area contributed by atoms with Crippen molar-refractivity contribution in [2.24, 2.45) is 0 Å². The van der Waals surface area contributed by atoms with Crippen molar-refractivity contribution >= 4 is 17.9 Å². The molecule has 0 saturated carbocycles. The smallest absolute Gasteiger partial charge is 0.317 e. The SMILES string of the molecule is C=C(O)CN1CCCN(CC(=O)O)CCN(CC(=O)O)CCCN(CC(=O)O)CC1. The highest BCUT2D eigenvalue weighted by Gasteiger charge is 2.18. The van der Waals surface area contributed by atoms with E-state index in [0.29, 0.717) is 65.2 Å². The van der Waals surface area contributed by atoms with Crippen LogP contribution < -0.4 is 0 Å². The Balaban J connectivity index is 2.87. The third-order valence-corrected chi connectivity index (χ3v) is 4.85. The van der Waals surface area contributed by atoms with Crippen LogP contribution in [0.25, 0.3) is 0 Å². The minimum atomic E-state index is -0.955. The van der Waals surface area contributed by atoms with Crippen LogP contribution in [0.2, 0.25) is 0 Å². The number of carboxylic acids is 3. The van der Waals surface area contributed by atoms with E-state index in [2.05, 4.69) is 6.58 Å². The Morgan fingerprint density at radius 3 is 1.03 bits per heavy atom. The van der Waals surface area contributed by atoms with Crippen LogP contribution in [-0.2, 0) is 14.4 Å². The van der Waals surface area contributed by atoms with E-state index in [-0.39, 0.29) is 31.9 Å². The van der Waals surface area contributed by atoms with Crippen LogP contribution in [-0.4, -0.2) is 136 Å². The molecule has 172 valence electrons. The van der Waals surface area contributed by atoms with Gasteiger partial charge in [0.2, 0.25) is 0 Å². The molecule has 0 radical (unpaired) electrons. The van der Waals surface area contributed by atoms with E-state index in [0.717, 1.165) is 0 Å². The maximum absolute atomic E-state index is 11.2. The number of carbonyl (C=O) groups is 3. The molecule has 1 aliphatic heterocycles. The minimum Gasteiger partial charge on any atom is -0.512 e. The number of aliphatic hydroxyl groups is 1. The summed E-state index contributed by atoms with van der Waals surface area (Å²) in [5.41, 5.74) is 0. The van der Waals surface area contributed by atoms with Gasteiger partial charge in [0.05, 0.1) is 31.9 Å². The zero-order valence-corrected chi connectivity index (χ0v) is 17.4. The van der Waals surface area contributed by atoms with Gasteiger partial charge < -0.3 is 20.4 Å². The van der Waals surface area contributed by atoms with E-state index in [4.69, 9.17) is 15.3 Å². The van der Waals surface area contributed by atoms with E-state index in [1.165, 1.54) is 0 Å². The third-order valence-electron chi connectivity index (χ3n) is 4.85. The Morgan fingerprint density at radius 1 is 0.533 bits per heavy atom. The molecule has 0 aromatic carbocycles. The summed E-state index contributed by atoms with van der Waals surface area (Å²) in [6.45, 7) is 7.34. The summed E-state index contributed by atoms with van der Waals surface area (Å²) in [6.07, 6.45) is 1.24. The molecule has 0 aliphatic carbocycles. The van der Waals surface area contributed by atoms with Crippen LogP contribution in [0.4, 0.5) is 0 Å². The predicted molar refractivity (Wildman–Crippen MR) is 110 cm³/mol. The third kappa shape index (κ3) is 12.4. The van der Waals surface area contributed by atoms with E-state index < -0.39 is 17.9 Å². The Hall–Kier alpha value is -2.21. The van der Waals surface area contributed by atoms with Gasteiger partial charge in [0.1, 0.15) is 0 Å². The highest BCUT2D eigenvalue weighted by Crippen LogP contribution is 2.04. The van der Waals surface area contributed by atoms with Crippen molar-refractivity contribution in [3.05, 3.63) is 12.3 Å². The van der Waals surface area contributed by atoms with Crippen LogP contribution >= 0.6 is 0 Å². The molecule has 1 aliphatic rings. The molecule has 1 fully saturated rings. The molecule has 0 bridgehead atoms. The zero-order valence-electron chi connectivity index (χ0n) is 17.4. The van der Waals surface area contributed by atoms with Gasteiger partial charge >= 0.3 is 17.9 Å². The Kier molecular flexibility index (Phi) is 12.0. The quantitative estimate of drug-likeness (QED) is 0.363. The highest BCUT2D eigenvalue weighted by molar-refractivity contribution is 5.69. The van der Waals surface area contributed by atoms with Gasteiger partial charge in [-0.3, -0.25) is 34.0 Å². The lowest BCUT2D eigenvalue weighted by atomic mass is 10.2. The molecule has 0 aromatic heterocycles. The Bertz CT molecular complexity index is 489. The maximum atomic E-state index is 11.2. The van der Waals surface area contributed by atoms with Gasteiger partial charge in [-0.25, -0.2) is 0 Å². The molecule has 1 rings (SSSR count). The number of hydrogen-bond donors (Lipinski definition) is 4. The van der Waals surface area contributed by atoms with Crippen LogP contribution in [0.15, 0.2) is 12.3 Å². The molecule has 0 atom stereocenters. The Morgan fingerprint density at radius 2 is 0.800 bits per heavy atom. The second kappa shape index (κ2) is 13.9. The van der Waals surface area contributed by atoms with E-state index >= 15 is 0 Å². The molecule has 1 heterocycles. The molecule has 0 unspecified atom stereocenters. The summed E-state index contributed by atoms with van der Waals surface area (Å²) in [7, 11) is 0. The molecule has 11 nitrogen and oxygen atoms in total. The number of carboxylic acid groups (broad SMARTS) is 3. The molecular formula is C19H34N4O7. The number of rotatable bonds is 8. The highest BCUT2D eigenvalue weighted by atomic mass is 16.4. The van der Waals surface area contributed by atoms with Crippen LogP contribution in [0.3, 0.4) is 0 Å². The van der Waals surface area contributed by atoms with Gasteiger partial charge in [0.25, 0.3) is 0 Å². The van der Waals surface area contributed by atoms with Gasteiger partial charge in [-0.1, -0.05) is 6.58 Å². The zero-order chi connectivity index (χ0) is 22.5. The fourth-order valence-corrected chi connectivity index (χ4v) is 3.51. The summed E-state index contributed by atoms with van der Waals surface area (Å²) < 4.78 is 0. The minimum absolute atomic E-state index is 0.0209. The summed E-state index contributed by atoms with van der Waals surface area (Å²) in [5.74, 6) is -2.80. The van der Waals surface area contributed by atoms with E-state index in [1.54, 1.807) is 14.7 Å². The van der Waals surface area contributed by atoms with Gasteiger partial charge in [0.15, 0.2) is 0 Å². The maximum Gasteiger partial charge on any atom is 0.317 e. The lowest BCUT2D eigenvalue weighted by Crippen LogP contribution is -2.44. The van der Waals surface area contributed by atoms with Gasteiger partial charge in [0, 0.05) is 45.8 Å². The lowest BCUT2D eigenvalue weighted by molar-refractivity contribution is -0.140. The topological polar surface area (TPSA) is 145 Å². The molecular weight excluding hydrogens is 396 g/mol. The molecule has 0 amide bonds. The molecule has 1 saturated heterocycles. The summed E-state index contributed by atoms with van der Waals surface area (Å²) >= 11 is 0. The van der Waals surface area contributed by atoms with Crippen LogP contribution in [0.1, 0.15) is 12.8 Å². The van der Waals surface area contributed by atoms with E-state index in [9.17, 15) is 19.5 Å². The summed E-state index contributed by atoms with van der Waals surface area (Å²) in [4.78, 5) is 40.8. The number of aliphatic hydroxyl groups excluding tert-OH is 1. The van der Waals surface area contributed by atoms with Crippen LogP contribution in [0.5, 0.6) is 0 Å². The number of aliphatic carboxylic acids is 3. The molecule has 0 aromatic rings. The number of nitrogens with zero attached hydrogens (tertiary/aromatic N) is 4. The van der Waals surface area contributed by atoms with Crippen molar-refractivity contribution in [3.8, 4) is 0 Å². The van der Waals surface area contributed by atoms with Crippen molar-refractivity contribution in [1.82, 2.24) is 19.6 Å². The van der Waals surface area contributed by atoms with Gasteiger partial charge in [-0.05, 0) is 19.4 Å². The molecule has 30 heavy (non-hydrogen) atoms. The lowest BCUT2D eigenvalue weighted by Gasteiger charge is -2.30. The second-order valence-corrected chi connectivity index (χ2v) is 7.56. The number of hydrogen-bond acceptors (Lipinski definition) is 8. The van der Waals surface area contributed by atoms with Crippen LogP contribution in [0, 0.1) is 0 Å². The first-order valence-electron chi connectivity index (χ1n) is 10.1. The fourth-order valence-electron chi connectivity index (χ4n) is 3.51. The van der Waals surface area contributed by atoms with Crippen molar-refractivity contribution in [2.45, 2.75) is 12.8 Å².